The van der Waals surface area contributed by atoms with E-state index in [1.807, 2.05) is 60.7 Å². The number of allylic oxidation sites excluding steroid dienone is 1. The number of carbonyl (C=O) groups excluding carboxylic acids is 3. The van der Waals surface area contributed by atoms with Gasteiger partial charge in [0.25, 0.3) is 0 Å². The summed E-state index contributed by atoms with van der Waals surface area (Å²) < 4.78 is 11.3. The van der Waals surface area contributed by atoms with Crippen LogP contribution in [0.2, 0.25) is 0 Å². The Balaban J connectivity index is 1.35. The van der Waals surface area contributed by atoms with Crippen LogP contribution in [-0.4, -0.2) is 24.9 Å². The molecule has 7 nitrogen and oxygen atoms in total. The molecule has 42 heavy (non-hydrogen) atoms. The number of methoxy groups -OCH3 is 1. The van der Waals surface area contributed by atoms with Gasteiger partial charge in [-0.25, -0.2) is 4.90 Å². The summed E-state index contributed by atoms with van der Waals surface area (Å²) in [5.41, 5.74) is 3.67. The average molecular weight is 573 g/mol. The molecule has 0 spiro atoms. The van der Waals surface area contributed by atoms with Gasteiger partial charge in [0, 0.05) is 16.4 Å². The molecule has 2 aliphatic heterocycles. The molecular weight excluding hydrogens is 548 g/mol. The van der Waals surface area contributed by atoms with E-state index in [2.05, 4.69) is 6.07 Å². The molecule has 206 valence electrons. The van der Waals surface area contributed by atoms with Gasteiger partial charge in [0.05, 0.1) is 30.4 Å². The first-order valence-electron chi connectivity index (χ1n) is 14.0. The Morgan fingerprint density at radius 2 is 1.76 bits per heavy atom. The first-order chi connectivity index (χ1) is 20.5. The largest absolute Gasteiger partial charge is 0.497 e. The number of anilines is 1. The van der Waals surface area contributed by atoms with Crippen LogP contribution in [0.25, 0.3) is 16.3 Å². The lowest BCUT2D eigenvalue weighted by Crippen LogP contribution is -2.42. The molecule has 1 aromatic heterocycles. The number of ether oxygens (including phenoxy) is 2. The molecule has 3 aromatic carbocycles. The van der Waals surface area contributed by atoms with Gasteiger partial charge in [0.1, 0.15) is 22.6 Å². The van der Waals surface area contributed by atoms with E-state index in [9.17, 15) is 19.6 Å². The third-order valence-corrected chi connectivity index (χ3v) is 10.5. The van der Waals surface area contributed by atoms with Gasteiger partial charge < -0.3 is 9.47 Å². The van der Waals surface area contributed by atoms with Crippen molar-refractivity contribution in [3.8, 4) is 17.6 Å². The Kier molecular flexibility index (Phi) is 5.44. The topological polar surface area (TPSA) is 96.7 Å². The van der Waals surface area contributed by atoms with Crippen molar-refractivity contribution in [1.29, 1.82) is 5.26 Å². The average Bonchev–Trinajstić information content (AvgIpc) is 3.68. The van der Waals surface area contributed by atoms with E-state index < -0.39 is 35.5 Å². The van der Waals surface area contributed by atoms with Crippen LogP contribution < -0.4 is 14.4 Å². The summed E-state index contributed by atoms with van der Waals surface area (Å²) in [6.07, 6.45) is 4.54. The summed E-state index contributed by atoms with van der Waals surface area (Å²) in [7, 11) is 1.59. The number of aryl methyl sites for hydroxylation is 1. The summed E-state index contributed by atoms with van der Waals surface area (Å²) in [4.78, 5) is 44.8. The third kappa shape index (κ3) is 3.34. The fraction of sp³-hybridized carbons (Fsp3) is 0.235. The summed E-state index contributed by atoms with van der Waals surface area (Å²) >= 11 is 1.36. The third-order valence-electron chi connectivity index (χ3n) is 9.20. The number of nitriles is 1. The van der Waals surface area contributed by atoms with Crippen LogP contribution in [0.5, 0.6) is 11.5 Å². The van der Waals surface area contributed by atoms with E-state index in [1.165, 1.54) is 16.2 Å². The lowest BCUT2D eigenvalue weighted by Gasteiger charge is -2.38. The highest BCUT2D eigenvalue weighted by molar-refractivity contribution is 7.17. The molecule has 2 amide bonds. The van der Waals surface area contributed by atoms with Gasteiger partial charge in [0.2, 0.25) is 11.8 Å². The molecule has 0 radical (unpaired) electrons. The maximum absolute atomic E-state index is 14.4. The minimum Gasteiger partial charge on any atom is -0.497 e. The second-order valence-electron chi connectivity index (χ2n) is 11.2. The van der Waals surface area contributed by atoms with E-state index >= 15 is 0 Å². The number of fused-ring (bicyclic) bond motifs is 8. The Hall–Kier alpha value is -4.74. The molecule has 3 heterocycles. The smallest absolute Gasteiger partial charge is 0.319 e. The zero-order chi connectivity index (χ0) is 28.7. The van der Waals surface area contributed by atoms with E-state index in [-0.39, 0.29) is 5.91 Å². The van der Waals surface area contributed by atoms with Crippen LogP contribution in [0.4, 0.5) is 5.00 Å². The zero-order valence-electron chi connectivity index (χ0n) is 22.6. The maximum atomic E-state index is 14.4. The number of nitrogens with zero attached hydrogens (tertiary/aromatic N) is 2. The highest BCUT2D eigenvalue weighted by Gasteiger charge is 2.61. The van der Waals surface area contributed by atoms with E-state index in [4.69, 9.17) is 9.47 Å². The highest BCUT2D eigenvalue weighted by atomic mass is 32.1. The summed E-state index contributed by atoms with van der Waals surface area (Å²) in [6.45, 7) is 0. The van der Waals surface area contributed by atoms with Crippen LogP contribution in [0.1, 0.15) is 39.5 Å². The number of hydrogen-bond donors (Lipinski definition) is 0. The molecular formula is C34H24N2O5S. The van der Waals surface area contributed by atoms with Crippen molar-refractivity contribution in [2.75, 3.05) is 12.0 Å². The number of carbonyl (C=O) groups is 3. The van der Waals surface area contributed by atoms with Crippen LogP contribution in [0.3, 0.4) is 0 Å². The Bertz CT molecular complexity index is 1930. The Morgan fingerprint density at radius 1 is 0.976 bits per heavy atom. The molecule has 8 rings (SSSR count). The number of esters is 1. The van der Waals surface area contributed by atoms with E-state index in [1.54, 1.807) is 13.2 Å². The Morgan fingerprint density at radius 3 is 2.55 bits per heavy atom. The molecule has 4 atom stereocenters. The highest BCUT2D eigenvalue weighted by Crippen LogP contribution is 2.57. The van der Waals surface area contributed by atoms with Crippen molar-refractivity contribution in [2.45, 2.75) is 25.2 Å². The van der Waals surface area contributed by atoms with Gasteiger partial charge in [-0.1, -0.05) is 48.5 Å². The normalized spacial score (nSPS) is 24.0. The predicted molar refractivity (Wildman–Crippen MR) is 157 cm³/mol. The van der Waals surface area contributed by atoms with E-state index in [0.29, 0.717) is 27.6 Å². The minimum atomic E-state index is -0.965. The molecule has 0 N–H and O–H groups in total. The predicted octanol–water partition coefficient (Wildman–Crippen LogP) is 5.79. The Labute approximate surface area is 245 Å². The van der Waals surface area contributed by atoms with Crippen molar-refractivity contribution >= 4 is 50.5 Å². The quantitative estimate of drug-likeness (QED) is 0.175. The van der Waals surface area contributed by atoms with Crippen molar-refractivity contribution in [3.63, 3.8) is 0 Å². The second-order valence-corrected chi connectivity index (χ2v) is 12.3. The molecule has 4 aliphatic rings. The lowest BCUT2D eigenvalue weighted by atomic mass is 9.64. The fourth-order valence-electron chi connectivity index (χ4n) is 7.35. The van der Waals surface area contributed by atoms with Crippen LogP contribution in [0, 0.1) is 29.1 Å². The number of hydrogen-bond acceptors (Lipinski definition) is 7. The lowest BCUT2D eigenvalue weighted by molar-refractivity contribution is -0.142. The van der Waals surface area contributed by atoms with Crippen molar-refractivity contribution < 1.29 is 23.9 Å². The van der Waals surface area contributed by atoms with Gasteiger partial charge in [-0.05, 0) is 64.9 Å². The number of thiophene rings is 1. The van der Waals surface area contributed by atoms with Gasteiger partial charge in [-0.3, -0.25) is 14.4 Å². The molecule has 1 saturated heterocycles. The molecule has 4 aromatic rings. The number of imide groups is 1. The zero-order valence-corrected chi connectivity index (χ0v) is 23.4. The number of benzene rings is 3. The maximum Gasteiger partial charge on any atom is 0.319 e. The summed E-state index contributed by atoms with van der Waals surface area (Å²) in [5.74, 6) is -3.46. The van der Waals surface area contributed by atoms with Crippen LogP contribution in [-0.2, 0) is 27.2 Å². The van der Waals surface area contributed by atoms with Gasteiger partial charge in [-0.15, -0.1) is 11.3 Å². The van der Waals surface area contributed by atoms with Gasteiger partial charge in [0.15, 0.2) is 0 Å². The van der Waals surface area contributed by atoms with Crippen LogP contribution >= 0.6 is 11.3 Å². The summed E-state index contributed by atoms with van der Waals surface area (Å²) in [6, 6.07) is 21.3. The molecule has 0 saturated carbocycles. The van der Waals surface area contributed by atoms with Crippen molar-refractivity contribution in [3.05, 3.63) is 93.9 Å². The van der Waals surface area contributed by atoms with Crippen molar-refractivity contribution in [1.82, 2.24) is 0 Å². The molecule has 2 aliphatic carbocycles. The molecule has 8 heteroatoms. The molecule has 1 fully saturated rings. The first-order valence-corrected chi connectivity index (χ1v) is 14.8. The summed E-state index contributed by atoms with van der Waals surface area (Å²) in [5, 5.41) is 12.4. The molecule has 0 unspecified atom stereocenters. The minimum absolute atomic E-state index is 0.381. The standard InChI is InChI=1S/C34H24N2O5S/c1-40-19-12-9-18(10-13-19)22-15-23-27-20-6-3-2-5-17(20)11-14-25(27)41-34(39)29(23)30-28(22)31(37)36(32(30)38)33-24(16-35)21-7-4-8-26(21)42-33/h2-3,5-6,9-15,22,28-30H,4,7-8H2,1H3/t22-,28+,29-,30-/m0/s1. The molecule has 0 bridgehead atoms. The van der Waals surface area contributed by atoms with Crippen molar-refractivity contribution in [2.24, 2.45) is 17.8 Å². The second kappa shape index (κ2) is 9.13. The van der Waals surface area contributed by atoms with Gasteiger partial charge >= 0.3 is 5.97 Å². The monoisotopic (exact) mass is 572 g/mol. The van der Waals surface area contributed by atoms with Crippen LogP contribution in [0.15, 0.2) is 66.7 Å². The van der Waals surface area contributed by atoms with E-state index in [0.717, 1.165) is 51.6 Å². The first kappa shape index (κ1) is 25.0. The number of rotatable bonds is 3. The van der Waals surface area contributed by atoms with Gasteiger partial charge in [-0.2, -0.15) is 5.26 Å². The fourth-order valence-corrected chi connectivity index (χ4v) is 8.70. The SMILES string of the molecule is COc1ccc([C@@H]2C=C3c4c(ccc5ccccc45)OC(=O)[C@@H]3[C@H]3C(=O)N(c4sc5c(c4C#N)CCC5)C(=O)[C@@H]32)cc1. The number of amides is 2.